The van der Waals surface area contributed by atoms with Gasteiger partial charge in [-0.15, -0.1) is 0 Å². The maximum absolute atomic E-state index is 12.0. The van der Waals surface area contributed by atoms with Crippen LogP contribution < -0.4 is 10.1 Å². The molecule has 0 saturated heterocycles. The Morgan fingerprint density at radius 3 is 2.67 bits per heavy atom. The third-order valence-electron chi connectivity index (χ3n) is 3.17. The number of carbonyl (C=O) groups excluding carboxylic acids is 1. The van der Waals surface area contributed by atoms with Crippen molar-refractivity contribution in [1.82, 2.24) is 9.36 Å². The molecule has 3 aromatic rings. The molecule has 0 aliphatic rings. The van der Waals surface area contributed by atoms with Crippen LogP contribution in [0, 0.1) is 0 Å². The number of thioether (sulfide) groups is 1. The van der Waals surface area contributed by atoms with Gasteiger partial charge in [0.25, 0.3) is 5.91 Å². The van der Waals surface area contributed by atoms with E-state index in [2.05, 4.69) is 14.7 Å². The summed E-state index contributed by atoms with van der Waals surface area (Å²) in [5, 5.41) is 3.81. The first kappa shape index (κ1) is 16.5. The second-order valence-corrected chi connectivity index (χ2v) is 6.31. The lowest BCUT2D eigenvalue weighted by atomic mass is 10.1. The fourth-order valence-electron chi connectivity index (χ4n) is 2.09. The minimum atomic E-state index is -0.262. The molecule has 0 spiro atoms. The highest BCUT2D eigenvalue weighted by atomic mass is 32.2. The predicted molar refractivity (Wildman–Crippen MR) is 97.7 cm³/mol. The Morgan fingerprint density at radius 2 is 1.92 bits per heavy atom. The van der Waals surface area contributed by atoms with Crippen molar-refractivity contribution in [2.45, 2.75) is 5.16 Å². The molecule has 0 aliphatic carbocycles. The van der Waals surface area contributed by atoms with Gasteiger partial charge in [-0.1, -0.05) is 60.3 Å². The highest BCUT2D eigenvalue weighted by molar-refractivity contribution is 7.98. The van der Waals surface area contributed by atoms with Crippen molar-refractivity contribution in [3.8, 4) is 16.9 Å². The molecular formula is C17H15N3O2S2. The van der Waals surface area contributed by atoms with Gasteiger partial charge in [-0.3, -0.25) is 10.1 Å². The number of carbonyl (C=O) groups is 1. The van der Waals surface area contributed by atoms with Crippen molar-refractivity contribution < 1.29 is 9.53 Å². The molecule has 3 rings (SSSR count). The van der Waals surface area contributed by atoms with Gasteiger partial charge < -0.3 is 4.74 Å². The number of hydrogen-bond acceptors (Lipinski definition) is 6. The SMILES string of the molecule is CSc1nsc(NC(=O)COc2ccccc2-c2ccccc2)n1. The minimum absolute atomic E-state index is 0.0853. The first-order valence-electron chi connectivity index (χ1n) is 7.21. The maximum atomic E-state index is 12.0. The largest absolute Gasteiger partial charge is 0.483 e. The molecular weight excluding hydrogens is 342 g/mol. The van der Waals surface area contributed by atoms with Gasteiger partial charge in [0.1, 0.15) is 5.75 Å². The Balaban J connectivity index is 1.65. The Labute approximate surface area is 148 Å². The summed E-state index contributed by atoms with van der Waals surface area (Å²) in [6.07, 6.45) is 1.89. The van der Waals surface area contributed by atoms with Crippen molar-refractivity contribution in [3.63, 3.8) is 0 Å². The van der Waals surface area contributed by atoms with Gasteiger partial charge in [0, 0.05) is 17.1 Å². The number of nitrogens with one attached hydrogen (secondary N) is 1. The molecule has 0 aliphatic heterocycles. The fourth-order valence-corrected chi connectivity index (χ4v) is 3.23. The number of nitrogens with zero attached hydrogens (tertiary/aromatic N) is 2. The molecule has 0 atom stereocenters. The van der Waals surface area contributed by atoms with Gasteiger partial charge in [0.05, 0.1) is 0 Å². The van der Waals surface area contributed by atoms with E-state index in [1.807, 2.05) is 60.9 Å². The third-order valence-corrected chi connectivity index (χ3v) is 4.46. The topological polar surface area (TPSA) is 64.1 Å². The van der Waals surface area contributed by atoms with E-state index in [4.69, 9.17) is 4.74 Å². The molecule has 1 N–H and O–H groups in total. The van der Waals surface area contributed by atoms with Gasteiger partial charge in [-0.2, -0.15) is 9.36 Å². The van der Waals surface area contributed by atoms with Crippen LogP contribution in [0.3, 0.4) is 0 Å². The zero-order valence-corrected chi connectivity index (χ0v) is 14.6. The molecule has 0 radical (unpaired) electrons. The van der Waals surface area contributed by atoms with Crippen molar-refractivity contribution in [3.05, 3.63) is 54.6 Å². The molecule has 0 fully saturated rings. The molecule has 1 aromatic heterocycles. The van der Waals surface area contributed by atoms with Crippen molar-refractivity contribution in [1.29, 1.82) is 0 Å². The van der Waals surface area contributed by atoms with Gasteiger partial charge in [-0.25, -0.2) is 0 Å². The van der Waals surface area contributed by atoms with E-state index in [0.29, 0.717) is 16.0 Å². The zero-order chi connectivity index (χ0) is 16.8. The second kappa shape index (κ2) is 7.94. The number of ether oxygens (including phenoxy) is 1. The lowest BCUT2D eigenvalue weighted by molar-refractivity contribution is -0.118. The molecule has 2 aromatic carbocycles. The number of hydrogen-bond donors (Lipinski definition) is 1. The Kier molecular flexibility index (Phi) is 5.45. The minimum Gasteiger partial charge on any atom is -0.483 e. The summed E-state index contributed by atoms with van der Waals surface area (Å²) < 4.78 is 9.80. The standard InChI is InChI=1S/C17H15N3O2S2/c1-23-17-19-16(24-20-17)18-15(21)11-22-14-10-6-5-9-13(14)12-7-3-2-4-8-12/h2-10H,11H2,1H3,(H,18,19,20,21). The van der Waals surface area contributed by atoms with E-state index in [1.165, 1.54) is 11.8 Å². The van der Waals surface area contributed by atoms with Crippen LogP contribution in [0.4, 0.5) is 5.13 Å². The number of anilines is 1. The van der Waals surface area contributed by atoms with E-state index in [-0.39, 0.29) is 12.5 Å². The summed E-state index contributed by atoms with van der Waals surface area (Å²) in [5.74, 6) is 0.405. The average molecular weight is 357 g/mol. The van der Waals surface area contributed by atoms with E-state index in [0.717, 1.165) is 22.7 Å². The quantitative estimate of drug-likeness (QED) is 0.677. The average Bonchev–Trinajstić information content (AvgIpc) is 3.08. The number of rotatable bonds is 6. The maximum Gasteiger partial charge on any atom is 0.264 e. The summed E-state index contributed by atoms with van der Waals surface area (Å²) in [4.78, 5) is 16.2. The normalized spacial score (nSPS) is 10.4. The van der Waals surface area contributed by atoms with Crippen molar-refractivity contribution >= 4 is 34.3 Å². The lowest BCUT2D eigenvalue weighted by Gasteiger charge is -2.11. The van der Waals surface area contributed by atoms with Crippen LogP contribution in [-0.4, -0.2) is 28.1 Å². The van der Waals surface area contributed by atoms with Gasteiger partial charge in [0.15, 0.2) is 6.61 Å². The van der Waals surface area contributed by atoms with Crippen LogP contribution in [0.5, 0.6) is 5.75 Å². The summed E-state index contributed by atoms with van der Waals surface area (Å²) in [6.45, 7) is -0.0853. The first-order valence-corrected chi connectivity index (χ1v) is 9.21. The molecule has 7 heteroatoms. The number of para-hydroxylation sites is 1. The Hall–Kier alpha value is -2.38. The van der Waals surface area contributed by atoms with Crippen LogP contribution >= 0.6 is 23.3 Å². The highest BCUT2D eigenvalue weighted by Gasteiger charge is 2.10. The highest BCUT2D eigenvalue weighted by Crippen LogP contribution is 2.29. The molecule has 0 saturated carbocycles. The van der Waals surface area contributed by atoms with Crippen LogP contribution in [-0.2, 0) is 4.79 Å². The van der Waals surface area contributed by atoms with E-state index in [1.54, 1.807) is 0 Å². The van der Waals surface area contributed by atoms with Gasteiger partial charge in [0.2, 0.25) is 10.3 Å². The van der Waals surface area contributed by atoms with Crippen LogP contribution in [0.25, 0.3) is 11.1 Å². The predicted octanol–water partition coefficient (Wildman–Crippen LogP) is 3.94. The zero-order valence-electron chi connectivity index (χ0n) is 12.9. The Bertz CT molecular complexity index is 821. The summed E-state index contributed by atoms with van der Waals surface area (Å²) >= 11 is 2.59. The van der Waals surface area contributed by atoms with E-state index >= 15 is 0 Å². The van der Waals surface area contributed by atoms with Crippen molar-refractivity contribution in [2.75, 3.05) is 18.2 Å². The third kappa shape index (κ3) is 4.12. The number of benzene rings is 2. The second-order valence-electron chi connectivity index (χ2n) is 4.79. The van der Waals surface area contributed by atoms with Gasteiger partial charge in [-0.05, 0) is 17.9 Å². The van der Waals surface area contributed by atoms with Crippen LogP contribution in [0.2, 0.25) is 0 Å². The molecule has 1 heterocycles. The molecule has 0 unspecified atom stereocenters. The number of amides is 1. The fraction of sp³-hybridized carbons (Fsp3) is 0.118. The van der Waals surface area contributed by atoms with E-state index < -0.39 is 0 Å². The molecule has 5 nitrogen and oxygen atoms in total. The molecule has 122 valence electrons. The first-order chi connectivity index (χ1) is 11.8. The van der Waals surface area contributed by atoms with Gasteiger partial charge >= 0.3 is 0 Å². The van der Waals surface area contributed by atoms with Crippen molar-refractivity contribution in [2.24, 2.45) is 0 Å². The molecule has 1 amide bonds. The monoisotopic (exact) mass is 357 g/mol. The summed E-state index contributed by atoms with van der Waals surface area (Å²) in [6, 6.07) is 17.6. The smallest absolute Gasteiger partial charge is 0.264 e. The van der Waals surface area contributed by atoms with Crippen LogP contribution in [0.15, 0.2) is 59.8 Å². The Morgan fingerprint density at radius 1 is 1.17 bits per heavy atom. The summed E-state index contributed by atoms with van der Waals surface area (Å²) in [7, 11) is 0. The lowest BCUT2D eigenvalue weighted by Crippen LogP contribution is -2.20. The van der Waals surface area contributed by atoms with Crippen LogP contribution in [0.1, 0.15) is 0 Å². The summed E-state index contributed by atoms with van der Waals surface area (Å²) in [5.41, 5.74) is 1.99. The number of aromatic nitrogens is 2. The van der Waals surface area contributed by atoms with E-state index in [9.17, 15) is 4.79 Å². The molecule has 0 bridgehead atoms. The molecule has 24 heavy (non-hydrogen) atoms.